The van der Waals surface area contributed by atoms with Crippen LogP contribution in [0, 0.1) is 0 Å². The molecule has 4 heterocycles. The van der Waals surface area contributed by atoms with Crippen molar-refractivity contribution in [3.8, 4) is 0 Å². The zero-order chi connectivity index (χ0) is 15.6. The van der Waals surface area contributed by atoms with Gasteiger partial charge in [0.2, 0.25) is 0 Å². The Labute approximate surface area is 135 Å². The Kier molecular flexibility index (Phi) is 3.75. The minimum atomic E-state index is 0.953. The molecule has 6 nitrogen and oxygen atoms in total. The van der Waals surface area contributed by atoms with Crippen LogP contribution in [-0.2, 0) is 13.0 Å². The van der Waals surface area contributed by atoms with Crippen molar-refractivity contribution in [2.45, 2.75) is 19.9 Å². The lowest BCUT2D eigenvalue weighted by Crippen LogP contribution is -2.46. The number of hydrogen-bond donors (Lipinski definition) is 1. The van der Waals surface area contributed by atoms with Gasteiger partial charge in [0.1, 0.15) is 5.65 Å². The molecule has 1 fully saturated rings. The highest BCUT2D eigenvalue weighted by Crippen LogP contribution is 2.19. The molecular weight excluding hydrogens is 288 g/mol. The second-order valence-corrected chi connectivity index (χ2v) is 6.08. The van der Waals surface area contributed by atoms with Crippen LogP contribution >= 0.6 is 0 Å². The molecule has 0 saturated carbocycles. The van der Waals surface area contributed by atoms with Crippen LogP contribution in [0.1, 0.15) is 18.3 Å². The fourth-order valence-electron chi connectivity index (χ4n) is 3.17. The molecule has 0 atom stereocenters. The third-order valence-electron chi connectivity index (χ3n) is 4.53. The van der Waals surface area contributed by atoms with Gasteiger partial charge >= 0.3 is 0 Å². The van der Waals surface area contributed by atoms with Gasteiger partial charge in [0.15, 0.2) is 0 Å². The Morgan fingerprint density at radius 1 is 1.13 bits per heavy atom. The van der Waals surface area contributed by atoms with E-state index in [2.05, 4.69) is 60.6 Å². The fourth-order valence-corrected chi connectivity index (χ4v) is 3.17. The molecule has 1 N–H and O–H groups in total. The Morgan fingerprint density at radius 2 is 2.00 bits per heavy atom. The topological polar surface area (TPSA) is 52.5 Å². The summed E-state index contributed by atoms with van der Waals surface area (Å²) in [5, 5.41) is 0. The Morgan fingerprint density at radius 3 is 2.74 bits per heavy atom. The third-order valence-corrected chi connectivity index (χ3v) is 4.53. The molecule has 0 spiro atoms. The van der Waals surface area contributed by atoms with E-state index in [0.717, 1.165) is 50.5 Å². The number of nitrogens with zero attached hydrogens (tertiary/aromatic N) is 5. The summed E-state index contributed by atoms with van der Waals surface area (Å²) in [5.41, 5.74) is 4.64. The Hall–Kier alpha value is -2.34. The van der Waals surface area contributed by atoms with Crippen molar-refractivity contribution in [1.29, 1.82) is 0 Å². The fraction of sp³-hybridized carbons (Fsp3) is 0.412. The highest BCUT2D eigenvalue weighted by Gasteiger charge is 2.18. The lowest BCUT2D eigenvalue weighted by Gasteiger charge is -2.35. The highest BCUT2D eigenvalue weighted by atomic mass is 15.3. The summed E-state index contributed by atoms with van der Waals surface area (Å²) >= 11 is 0. The molecule has 0 bridgehead atoms. The quantitative estimate of drug-likeness (QED) is 0.800. The van der Waals surface area contributed by atoms with Crippen LogP contribution < -0.4 is 4.90 Å². The van der Waals surface area contributed by atoms with Crippen molar-refractivity contribution in [2.24, 2.45) is 0 Å². The first-order chi connectivity index (χ1) is 11.3. The van der Waals surface area contributed by atoms with Crippen LogP contribution in [0.4, 0.5) is 5.69 Å². The summed E-state index contributed by atoms with van der Waals surface area (Å²) in [6.45, 7) is 7.34. The molecule has 0 radical (unpaired) electrons. The SMILES string of the molecule is CCc1cn2cc(N3CCN(Cc4cnc[nH]4)CC3)ccc2n1. The first kappa shape index (κ1) is 14.3. The zero-order valence-electron chi connectivity index (χ0n) is 13.4. The van der Waals surface area contributed by atoms with Gasteiger partial charge in [0.25, 0.3) is 0 Å². The number of hydrogen-bond acceptors (Lipinski definition) is 4. The first-order valence-electron chi connectivity index (χ1n) is 8.24. The molecule has 1 aliphatic heterocycles. The molecule has 0 aliphatic carbocycles. The third kappa shape index (κ3) is 2.94. The van der Waals surface area contributed by atoms with Gasteiger partial charge in [-0.2, -0.15) is 0 Å². The minimum absolute atomic E-state index is 0.953. The molecule has 120 valence electrons. The Balaban J connectivity index is 1.43. The average Bonchev–Trinajstić information content (AvgIpc) is 3.23. The van der Waals surface area contributed by atoms with Crippen LogP contribution in [0.2, 0.25) is 0 Å². The summed E-state index contributed by atoms with van der Waals surface area (Å²) in [7, 11) is 0. The van der Waals surface area contributed by atoms with Crippen LogP contribution in [0.3, 0.4) is 0 Å². The van der Waals surface area contributed by atoms with Crippen LogP contribution in [0.25, 0.3) is 5.65 Å². The van der Waals surface area contributed by atoms with E-state index in [1.165, 1.54) is 11.4 Å². The van der Waals surface area contributed by atoms with Crippen LogP contribution in [-0.4, -0.2) is 50.4 Å². The summed E-state index contributed by atoms with van der Waals surface area (Å²) < 4.78 is 2.14. The van der Waals surface area contributed by atoms with Gasteiger partial charge in [-0.3, -0.25) is 4.90 Å². The number of piperazine rings is 1. The number of pyridine rings is 1. The molecule has 0 unspecified atom stereocenters. The van der Waals surface area contributed by atoms with Crippen molar-refractivity contribution >= 4 is 11.3 Å². The molecule has 1 aliphatic rings. The number of aryl methyl sites for hydroxylation is 1. The second-order valence-electron chi connectivity index (χ2n) is 6.08. The number of aromatic amines is 1. The Bertz CT molecular complexity index is 768. The summed E-state index contributed by atoms with van der Waals surface area (Å²) in [4.78, 5) is 16.8. The monoisotopic (exact) mass is 310 g/mol. The molecule has 3 aromatic heterocycles. The number of nitrogens with one attached hydrogen (secondary N) is 1. The molecule has 23 heavy (non-hydrogen) atoms. The number of fused-ring (bicyclic) bond motifs is 1. The van der Waals surface area contributed by atoms with Gasteiger partial charge in [0, 0.05) is 57.0 Å². The normalized spacial score (nSPS) is 16.3. The van der Waals surface area contributed by atoms with E-state index in [0.29, 0.717) is 0 Å². The molecule has 0 amide bonds. The van der Waals surface area contributed by atoms with Crippen molar-refractivity contribution in [2.75, 3.05) is 31.1 Å². The maximum Gasteiger partial charge on any atom is 0.137 e. The standard InChI is InChI=1S/C17H22N6/c1-2-14-11-23-12-16(3-4-17(23)20-14)22-7-5-21(6-8-22)10-15-9-18-13-19-15/h3-4,9,11-13H,2,5-8,10H2,1H3,(H,18,19). The number of anilines is 1. The van der Waals surface area contributed by atoms with E-state index in [-0.39, 0.29) is 0 Å². The first-order valence-corrected chi connectivity index (χ1v) is 8.24. The molecule has 6 heteroatoms. The van der Waals surface area contributed by atoms with Crippen LogP contribution in [0.15, 0.2) is 37.1 Å². The lowest BCUT2D eigenvalue weighted by atomic mass is 10.2. The smallest absolute Gasteiger partial charge is 0.137 e. The molecule has 4 rings (SSSR count). The maximum absolute atomic E-state index is 4.60. The summed E-state index contributed by atoms with van der Waals surface area (Å²) in [6.07, 6.45) is 8.96. The van der Waals surface area contributed by atoms with E-state index >= 15 is 0 Å². The largest absolute Gasteiger partial charge is 0.368 e. The van der Waals surface area contributed by atoms with E-state index in [4.69, 9.17) is 0 Å². The second kappa shape index (κ2) is 6.04. The van der Waals surface area contributed by atoms with Crippen molar-refractivity contribution in [3.05, 3.63) is 48.4 Å². The molecular formula is C17H22N6. The number of imidazole rings is 2. The molecule has 0 aromatic carbocycles. The number of rotatable bonds is 4. The van der Waals surface area contributed by atoms with Gasteiger partial charge in [-0.15, -0.1) is 0 Å². The van der Waals surface area contributed by atoms with Gasteiger partial charge in [-0.25, -0.2) is 9.97 Å². The predicted molar refractivity (Wildman–Crippen MR) is 90.6 cm³/mol. The molecule has 1 saturated heterocycles. The number of aromatic nitrogens is 4. The average molecular weight is 310 g/mol. The predicted octanol–water partition coefficient (Wildman–Crippen LogP) is 1.94. The van der Waals surface area contributed by atoms with Crippen LogP contribution in [0.5, 0.6) is 0 Å². The van der Waals surface area contributed by atoms with Crippen molar-refractivity contribution in [3.63, 3.8) is 0 Å². The van der Waals surface area contributed by atoms with Crippen molar-refractivity contribution in [1.82, 2.24) is 24.3 Å². The van der Waals surface area contributed by atoms with Gasteiger partial charge < -0.3 is 14.3 Å². The van der Waals surface area contributed by atoms with E-state index < -0.39 is 0 Å². The van der Waals surface area contributed by atoms with Gasteiger partial charge in [-0.1, -0.05) is 6.92 Å². The minimum Gasteiger partial charge on any atom is -0.368 e. The van der Waals surface area contributed by atoms with E-state index in [1.54, 1.807) is 6.33 Å². The molecule has 3 aromatic rings. The summed E-state index contributed by atoms with van der Waals surface area (Å²) in [6, 6.07) is 4.30. The zero-order valence-corrected chi connectivity index (χ0v) is 13.4. The maximum atomic E-state index is 4.60. The van der Waals surface area contributed by atoms with Crippen molar-refractivity contribution < 1.29 is 0 Å². The highest BCUT2D eigenvalue weighted by molar-refractivity contribution is 5.52. The number of H-pyrrole nitrogens is 1. The lowest BCUT2D eigenvalue weighted by molar-refractivity contribution is 0.247. The summed E-state index contributed by atoms with van der Waals surface area (Å²) in [5.74, 6) is 0. The van der Waals surface area contributed by atoms with Gasteiger partial charge in [-0.05, 0) is 18.6 Å². The van der Waals surface area contributed by atoms with E-state index in [9.17, 15) is 0 Å². The van der Waals surface area contributed by atoms with Gasteiger partial charge in [0.05, 0.1) is 17.7 Å². The van der Waals surface area contributed by atoms with E-state index in [1.807, 2.05) is 6.20 Å².